The van der Waals surface area contributed by atoms with Crippen molar-refractivity contribution in [2.24, 2.45) is 0 Å². The van der Waals surface area contributed by atoms with Crippen molar-refractivity contribution in [3.8, 4) is 5.75 Å². The van der Waals surface area contributed by atoms with Gasteiger partial charge in [0, 0.05) is 20.2 Å². The minimum Gasteiger partial charge on any atom is -0.497 e. The van der Waals surface area contributed by atoms with Crippen LogP contribution in [0.3, 0.4) is 0 Å². The lowest BCUT2D eigenvalue weighted by Crippen LogP contribution is -2.15. The predicted molar refractivity (Wildman–Crippen MR) is 93.5 cm³/mol. The Kier molecular flexibility index (Phi) is 4.34. The second-order valence-electron chi connectivity index (χ2n) is 5.37. The molecule has 9 heteroatoms. The van der Waals surface area contributed by atoms with Crippen LogP contribution in [0.1, 0.15) is 5.82 Å². The third kappa shape index (κ3) is 3.16. The normalized spacial score (nSPS) is 12.3. The zero-order chi connectivity index (χ0) is 17.3. The van der Waals surface area contributed by atoms with Crippen LogP contribution in [0.25, 0.3) is 11.0 Å². The monoisotopic (exact) mass is 346 g/mol. The molecule has 0 spiro atoms. The first kappa shape index (κ1) is 16.2. The quantitative estimate of drug-likeness (QED) is 0.717. The highest BCUT2D eigenvalue weighted by atomic mass is 32.2. The molecule has 3 N–H and O–H groups in total. The molecule has 2 heterocycles. The predicted octanol–water partition coefficient (Wildman–Crippen LogP) is 1.32. The van der Waals surface area contributed by atoms with Gasteiger partial charge >= 0.3 is 0 Å². The Balaban J connectivity index is 1.86. The number of fused-ring (bicyclic) bond motifs is 1. The molecule has 0 aliphatic heterocycles. The zero-order valence-corrected chi connectivity index (χ0v) is 14.4. The number of anilines is 2. The maximum absolute atomic E-state index is 12.6. The van der Waals surface area contributed by atoms with E-state index in [2.05, 4.69) is 19.9 Å². The van der Waals surface area contributed by atoms with Crippen molar-refractivity contribution in [1.29, 1.82) is 0 Å². The van der Waals surface area contributed by atoms with Crippen molar-refractivity contribution in [3.05, 3.63) is 30.2 Å². The number of aromatic amines is 1. The third-order valence-electron chi connectivity index (χ3n) is 3.41. The molecule has 0 bridgehead atoms. The van der Waals surface area contributed by atoms with Gasteiger partial charge in [-0.25, -0.2) is 15.0 Å². The number of hydrogen-bond donors (Lipinski definition) is 2. The fourth-order valence-electron chi connectivity index (χ4n) is 2.23. The van der Waals surface area contributed by atoms with Crippen molar-refractivity contribution in [3.63, 3.8) is 0 Å². The van der Waals surface area contributed by atoms with Crippen LogP contribution in [-0.2, 0) is 16.6 Å². The maximum atomic E-state index is 12.6. The first-order chi connectivity index (χ1) is 11.5. The third-order valence-corrected chi connectivity index (χ3v) is 4.56. The smallest absolute Gasteiger partial charge is 0.197 e. The molecule has 3 aromatic rings. The molecule has 0 fully saturated rings. The van der Waals surface area contributed by atoms with Crippen LogP contribution in [-0.4, -0.2) is 45.3 Å². The summed E-state index contributed by atoms with van der Waals surface area (Å²) in [6.45, 7) is 0. The van der Waals surface area contributed by atoms with Gasteiger partial charge in [0.15, 0.2) is 11.0 Å². The van der Waals surface area contributed by atoms with Crippen molar-refractivity contribution < 1.29 is 8.95 Å². The first-order valence-corrected chi connectivity index (χ1v) is 8.50. The number of methoxy groups -OCH3 is 1. The molecule has 3 rings (SSSR count). The number of nitrogen functional groups attached to an aromatic ring is 1. The van der Waals surface area contributed by atoms with Gasteiger partial charge in [-0.05, 0) is 12.1 Å². The van der Waals surface area contributed by atoms with E-state index >= 15 is 0 Å². The molecule has 24 heavy (non-hydrogen) atoms. The van der Waals surface area contributed by atoms with Crippen LogP contribution in [0.5, 0.6) is 5.75 Å². The van der Waals surface area contributed by atoms with E-state index in [-0.39, 0.29) is 5.75 Å². The van der Waals surface area contributed by atoms with Crippen molar-refractivity contribution >= 4 is 33.3 Å². The van der Waals surface area contributed by atoms with Gasteiger partial charge in [-0.2, -0.15) is 0 Å². The minimum atomic E-state index is -1.40. The largest absolute Gasteiger partial charge is 0.497 e. The number of hydrogen-bond acceptors (Lipinski definition) is 7. The molecule has 8 nitrogen and oxygen atoms in total. The summed E-state index contributed by atoms with van der Waals surface area (Å²) in [5.41, 5.74) is 7.81. The fraction of sp³-hybridized carbons (Fsp3) is 0.267. The average Bonchev–Trinajstić information content (AvgIpc) is 2.99. The summed E-state index contributed by atoms with van der Waals surface area (Å²) >= 11 is 0. The number of nitrogens with one attached hydrogen (secondary N) is 1. The number of nitrogens with zero attached hydrogens (tertiary/aromatic N) is 4. The molecule has 0 saturated carbocycles. The molecule has 0 aliphatic carbocycles. The molecule has 2 aromatic heterocycles. The Bertz CT molecular complexity index is 908. The van der Waals surface area contributed by atoms with E-state index in [0.29, 0.717) is 28.2 Å². The molecule has 1 atom stereocenters. The second-order valence-corrected chi connectivity index (χ2v) is 6.74. The van der Waals surface area contributed by atoms with E-state index in [0.717, 1.165) is 11.0 Å². The number of aromatic nitrogens is 4. The summed E-state index contributed by atoms with van der Waals surface area (Å²) < 4.78 is 17.7. The van der Waals surface area contributed by atoms with Crippen LogP contribution in [0.15, 0.2) is 29.6 Å². The van der Waals surface area contributed by atoms with E-state index in [4.69, 9.17) is 10.5 Å². The number of nitrogens with two attached hydrogens (primary N) is 1. The molecular formula is C15H18N6O2S. The van der Waals surface area contributed by atoms with Gasteiger partial charge < -0.3 is 20.4 Å². The Morgan fingerprint density at radius 2 is 2.12 bits per heavy atom. The second kappa shape index (κ2) is 6.44. The van der Waals surface area contributed by atoms with Crippen molar-refractivity contribution in [2.45, 2.75) is 10.9 Å². The summed E-state index contributed by atoms with van der Waals surface area (Å²) in [6, 6.07) is 5.43. The van der Waals surface area contributed by atoms with Gasteiger partial charge in [-0.3, -0.25) is 4.21 Å². The van der Waals surface area contributed by atoms with Crippen molar-refractivity contribution in [1.82, 2.24) is 19.9 Å². The van der Waals surface area contributed by atoms with Crippen LogP contribution in [0.4, 0.5) is 11.5 Å². The fourth-order valence-corrected chi connectivity index (χ4v) is 3.17. The highest BCUT2D eigenvalue weighted by Crippen LogP contribution is 2.21. The van der Waals surface area contributed by atoms with Crippen LogP contribution >= 0.6 is 0 Å². The summed E-state index contributed by atoms with van der Waals surface area (Å²) in [5, 5.41) is 0.380. The standard InChI is InChI=1S/C15H18N6O2S/c1-21(2)14-10(16)7-17-13(20-14)8-24(22)15-18-11-5-4-9(23-3)6-12(11)19-15/h4-7H,8,16H2,1-3H3,(H,18,19). The van der Waals surface area contributed by atoms with Gasteiger partial charge in [0.05, 0.1) is 46.6 Å². The van der Waals surface area contributed by atoms with Crippen LogP contribution in [0.2, 0.25) is 0 Å². The minimum absolute atomic E-state index is 0.151. The van der Waals surface area contributed by atoms with E-state index in [9.17, 15) is 4.21 Å². The molecule has 1 aromatic carbocycles. The number of ether oxygens (including phenoxy) is 1. The summed E-state index contributed by atoms with van der Waals surface area (Å²) in [7, 11) is 3.88. The Hall–Kier alpha value is -2.68. The molecule has 126 valence electrons. The van der Waals surface area contributed by atoms with E-state index in [1.54, 1.807) is 12.0 Å². The molecule has 0 radical (unpaired) electrons. The molecular weight excluding hydrogens is 328 g/mol. The molecule has 0 amide bonds. The lowest BCUT2D eigenvalue weighted by Gasteiger charge is -2.14. The van der Waals surface area contributed by atoms with Gasteiger partial charge in [-0.15, -0.1) is 0 Å². The number of H-pyrrole nitrogens is 1. The SMILES string of the molecule is COc1ccc2nc(S(=O)Cc3ncc(N)c(N(C)C)n3)[nH]c2c1. The Morgan fingerprint density at radius 3 is 2.83 bits per heavy atom. The van der Waals surface area contributed by atoms with E-state index < -0.39 is 10.8 Å². The zero-order valence-electron chi connectivity index (χ0n) is 13.6. The molecule has 0 saturated heterocycles. The van der Waals surface area contributed by atoms with Gasteiger partial charge in [-0.1, -0.05) is 0 Å². The van der Waals surface area contributed by atoms with Gasteiger partial charge in [0.1, 0.15) is 11.6 Å². The van der Waals surface area contributed by atoms with E-state index in [1.165, 1.54) is 6.20 Å². The summed E-state index contributed by atoms with van der Waals surface area (Å²) in [6.07, 6.45) is 1.53. The number of rotatable bonds is 5. The number of benzene rings is 1. The first-order valence-electron chi connectivity index (χ1n) is 7.19. The van der Waals surface area contributed by atoms with Crippen LogP contribution < -0.4 is 15.4 Å². The summed E-state index contributed by atoms with van der Waals surface area (Å²) in [4.78, 5) is 17.7. The van der Waals surface area contributed by atoms with E-state index in [1.807, 2.05) is 32.3 Å². The molecule has 1 unspecified atom stereocenters. The lowest BCUT2D eigenvalue weighted by molar-refractivity contribution is 0.415. The topological polar surface area (TPSA) is 110 Å². The summed E-state index contributed by atoms with van der Waals surface area (Å²) in [5.74, 6) is 1.91. The van der Waals surface area contributed by atoms with Gasteiger partial charge in [0.25, 0.3) is 0 Å². The molecule has 0 aliphatic rings. The Labute approximate surface area is 141 Å². The van der Waals surface area contributed by atoms with Gasteiger partial charge in [0.2, 0.25) is 0 Å². The average molecular weight is 346 g/mol. The van der Waals surface area contributed by atoms with Crippen molar-refractivity contribution in [2.75, 3.05) is 31.8 Å². The Morgan fingerprint density at radius 1 is 1.33 bits per heavy atom. The maximum Gasteiger partial charge on any atom is 0.197 e. The highest BCUT2D eigenvalue weighted by molar-refractivity contribution is 7.84. The highest BCUT2D eigenvalue weighted by Gasteiger charge is 2.14. The van der Waals surface area contributed by atoms with Crippen LogP contribution in [0, 0.1) is 0 Å². The number of imidazole rings is 1. The lowest BCUT2D eigenvalue weighted by atomic mass is 10.3.